The van der Waals surface area contributed by atoms with Crippen LogP contribution in [0.4, 0.5) is 0 Å². The van der Waals surface area contributed by atoms with Crippen LogP contribution in [0.2, 0.25) is 0 Å². The first kappa shape index (κ1) is 24.3. The number of carbonyl (C=O) groups is 3. The molecular formula is C29H23NO6. The molecule has 0 radical (unpaired) electrons. The van der Waals surface area contributed by atoms with Gasteiger partial charge in [0, 0.05) is 17.3 Å². The van der Waals surface area contributed by atoms with E-state index in [1.54, 1.807) is 97.9 Å². The molecule has 4 rings (SSSR count). The van der Waals surface area contributed by atoms with Crippen LogP contribution in [0, 0.1) is 6.92 Å². The van der Waals surface area contributed by atoms with E-state index in [0.717, 1.165) is 0 Å². The van der Waals surface area contributed by atoms with Gasteiger partial charge in [-0.15, -0.1) is 0 Å². The zero-order valence-electron chi connectivity index (χ0n) is 19.5. The fourth-order valence-electron chi connectivity index (χ4n) is 3.42. The Morgan fingerprint density at radius 1 is 0.639 bits per heavy atom. The molecule has 4 aromatic rings. The number of pyridine rings is 1. The summed E-state index contributed by atoms with van der Waals surface area (Å²) in [4.78, 5) is 42.2. The lowest BCUT2D eigenvalue weighted by Crippen LogP contribution is -2.15. The van der Waals surface area contributed by atoms with Crippen molar-refractivity contribution in [1.29, 1.82) is 0 Å². The van der Waals surface area contributed by atoms with Crippen LogP contribution in [-0.4, -0.2) is 22.9 Å². The zero-order chi connectivity index (χ0) is 25.3. The van der Waals surface area contributed by atoms with Crippen LogP contribution >= 0.6 is 0 Å². The number of aryl methyl sites for hydroxylation is 1. The monoisotopic (exact) mass is 481 g/mol. The van der Waals surface area contributed by atoms with Crippen LogP contribution in [-0.2, 0) is 22.7 Å². The third-order valence-corrected chi connectivity index (χ3v) is 5.33. The Morgan fingerprint density at radius 2 is 1.08 bits per heavy atom. The summed E-state index contributed by atoms with van der Waals surface area (Å²) in [6.07, 6.45) is 1.51. The van der Waals surface area contributed by atoms with Crippen molar-refractivity contribution in [3.8, 4) is 5.75 Å². The van der Waals surface area contributed by atoms with Crippen LogP contribution in [0.25, 0.3) is 0 Å². The third kappa shape index (κ3) is 6.01. The Morgan fingerprint density at radius 3 is 1.58 bits per heavy atom. The van der Waals surface area contributed by atoms with Gasteiger partial charge in [-0.05, 0) is 43.3 Å². The number of carbonyl (C=O) groups excluding carboxylic acids is 3. The molecule has 0 spiro atoms. The summed E-state index contributed by atoms with van der Waals surface area (Å²) in [7, 11) is 0. The van der Waals surface area contributed by atoms with Crippen molar-refractivity contribution in [1.82, 2.24) is 4.98 Å². The van der Waals surface area contributed by atoms with Crippen molar-refractivity contribution in [3.63, 3.8) is 0 Å². The number of hydrogen-bond donors (Lipinski definition) is 0. The Kier molecular flexibility index (Phi) is 7.83. The van der Waals surface area contributed by atoms with E-state index in [1.165, 1.54) is 6.20 Å². The lowest BCUT2D eigenvalue weighted by Gasteiger charge is -2.17. The number of ether oxygens (including phenoxy) is 3. The summed E-state index contributed by atoms with van der Waals surface area (Å²) in [5.74, 6) is -1.50. The molecule has 1 aromatic heterocycles. The number of rotatable bonds is 8. The summed E-state index contributed by atoms with van der Waals surface area (Å²) in [6, 6.07) is 25.6. The van der Waals surface area contributed by atoms with E-state index in [4.69, 9.17) is 14.2 Å². The van der Waals surface area contributed by atoms with Crippen molar-refractivity contribution in [3.05, 3.63) is 131 Å². The minimum absolute atomic E-state index is 0.151. The fraction of sp³-hybridized carbons (Fsp3) is 0.103. The first-order valence-corrected chi connectivity index (χ1v) is 11.2. The van der Waals surface area contributed by atoms with Gasteiger partial charge in [-0.2, -0.15) is 0 Å². The highest BCUT2D eigenvalue weighted by molar-refractivity contribution is 5.92. The second-order valence-electron chi connectivity index (χ2n) is 7.82. The maximum atomic E-state index is 12.8. The molecule has 0 aliphatic rings. The molecule has 0 saturated carbocycles. The molecule has 0 bridgehead atoms. The van der Waals surface area contributed by atoms with Gasteiger partial charge in [-0.25, -0.2) is 14.4 Å². The van der Waals surface area contributed by atoms with Crippen molar-refractivity contribution in [2.24, 2.45) is 0 Å². The molecule has 0 aliphatic heterocycles. The summed E-state index contributed by atoms with van der Waals surface area (Å²) < 4.78 is 16.7. The number of nitrogens with zero attached hydrogens (tertiary/aromatic N) is 1. The van der Waals surface area contributed by atoms with Gasteiger partial charge < -0.3 is 14.2 Å². The van der Waals surface area contributed by atoms with Crippen molar-refractivity contribution < 1.29 is 28.6 Å². The molecule has 7 heteroatoms. The van der Waals surface area contributed by atoms with E-state index in [0.29, 0.717) is 33.5 Å². The average Bonchev–Trinajstić information content (AvgIpc) is 2.93. The molecule has 0 saturated heterocycles. The van der Waals surface area contributed by atoms with E-state index in [1.807, 2.05) is 0 Å². The molecule has 0 N–H and O–H groups in total. The van der Waals surface area contributed by atoms with E-state index < -0.39 is 17.9 Å². The SMILES string of the molecule is Cc1ncc(COC(=O)c2ccccc2)c(COC(=O)c2ccccc2)c1OC(=O)c1ccccc1. The molecule has 7 nitrogen and oxygen atoms in total. The van der Waals surface area contributed by atoms with Gasteiger partial charge in [-0.3, -0.25) is 4.98 Å². The number of hydrogen-bond acceptors (Lipinski definition) is 7. The molecule has 180 valence electrons. The van der Waals surface area contributed by atoms with Gasteiger partial charge in [0.15, 0.2) is 5.75 Å². The molecule has 0 amide bonds. The van der Waals surface area contributed by atoms with Gasteiger partial charge >= 0.3 is 17.9 Å². The Bertz CT molecular complexity index is 1350. The van der Waals surface area contributed by atoms with Crippen molar-refractivity contribution in [2.45, 2.75) is 20.1 Å². The van der Waals surface area contributed by atoms with Crippen LogP contribution in [0.3, 0.4) is 0 Å². The highest BCUT2D eigenvalue weighted by atomic mass is 16.5. The third-order valence-electron chi connectivity index (χ3n) is 5.33. The van der Waals surface area contributed by atoms with Crippen LogP contribution in [0.5, 0.6) is 5.75 Å². The van der Waals surface area contributed by atoms with Gasteiger partial charge in [0.1, 0.15) is 13.2 Å². The summed E-state index contributed by atoms with van der Waals surface area (Å²) in [5.41, 5.74) is 2.38. The molecule has 3 aromatic carbocycles. The quantitative estimate of drug-likeness (QED) is 0.314. The van der Waals surface area contributed by atoms with E-state index in [9.17, 15) is 14.4 Å². The second-order valence-corrected chi connectivity index (χ2v) is 7.82. The Hall–Kier alpha value is -4.78. The van der Waals surface area contributed by atoms with Crippen LogP contribution in [0.15, 0.2) is 97.2 Å². The Labute approximate surface area is 208 Å². The smallest absolute Gasteiger partial charge is 0.343 e. The topological polar surface area (TPSA) is 91.8 Å². The minimum Gasteiger partial charge on any atom is -0.457 e. The van der Waals surface area contributed by atoms with Crippen LogP contribution in [0.1, 0.15) is 47.9 Å². The summed E-state index contributed by atoms with van der Waals surface area (Å²) >= 11 is 0. The largest absolute Gasteiger partial charge is 0.457 e. The van der Waals surface area contributed by atoms with Crippen molar-refractivity contribution >= 4 is 17.9 Å². The number of esters is 3. The van der Waals surface area contributed by atoms with E-state index in [-0.39, 0.29) is 19.0 Å². The molecule has 0 fully saturated rings. The maximum Gasteiger partial charge on any atom is 0.343 e. The van der Waals surface area contributed by atoms with Crippen LogP contribution < -0.4 is 4.74 Å². The minimum atomic E-state index is -0.588. The molecular weight excluding hydrogens is 458 g/mol. The standard InChI is InChI=1S/C29H23NO6/c1-20-26(36-29(33)23-15-9-4-10-16-23)25(19-35-28(32)22-13-7-3-8-14-22)24(17-30-20)18-34-27(31)21-11-5-2-6-12-21/h2-17H,18-19H2,1H3. The van der Waals surface area contributed by atoms with Gasteiger partial charge in [0.05, 0.1) is 22.4 Å². The molecule has 0 aliphatic carbocycles. The molecule has 0 atom stereocenters. The molecule has 36 heavy (non-hydrogen) atoms. The number of aromatic nitrogens is 1. The van der Waals surface area contributed by atoms with E-state index in [2.05, 4.69) is 4.98 Å². The highest BCUT2D eigenvalue weighted by Gasteiger charge is 2.21. The maximum absolute atomic E-state index is 12.8. The van der Waals surface area contributed by atoms with Crippen molar-refractivity contribution in [2.75, 3.05) is 0 Å². The predicted octanol–water partition coefficient (Wildman–Crippen LogP) is 5.32. The first-order chi connectivity index (χ1) is 17.5. The molecule has 0 unspecified atom stereocenters. The zero-order valence-corrected chi connectivity index (χ0v) is 19.5. The lowest BCUT2D eigenvalue weighted by molar-refractivity contribution is 0.0430. The van der Waals surface area contributed by atoms with E-state index >= 15 is 0 Å². The highest BCUT2D eigenvalue weighted by Crippen LogP contribution is 2.28. The lowest BCUT2D eigenvalue weighted by atomic mass is 10.1. The fourth-order valence-corrected chi connectivity index (χ4v) is 3.42. The first-order valence-electron chi connectivity index (χ1n) is 11.2. The van der Waals surface area contributed by atoms with Gasteiger partial charge in [0.2, 0.25) is 0 Å². The summed E-state index contributed by atoms with van der Waals surface area (Å²) in [6.45, 7) is 1.30. The summed E-state index contributed by atoms with van der Waals surface area (Å²) in [5, 5.41) is 0. The normalized spacial score (nSPS) is 10.4. The second kappa shape index (κ2) is 11.6. The average molecular weight is 482 g/mol. The number of benzene rings is 3. The Balaban J connectivity index is 1.61. The molecule has 1 heterocycles. The van der Waals surface area contributed by atoms with Gasteiger partial charge in [-0.1, -0.05) is 54.6 Å². The van der Waals surface area contributed by atoms with Gasteiger partial charge in [0.25, 0.3) is 0 Å². The predicted molar refractivity (Wildman–Crippen MR) is 131 cm³/mol.